The third kappa shape index (κ3) is 3.72. The summed E-state index contributed by atoms with van der Waals surface area (Å²) in [4.78, 5) is 15.1. The van der Waals surface area contributed by atoms with Gasteiger partial charge in [-0.05, 0) is 49.7 Å². The molecule has 1 aromatic heterocycles. The van der Waals surface area contributed by atoms with Gasteiger partial charge in [-0.25, -0.2) is 0 Å². The van der Waals surface area contributed by atoms with Crippen molar-refractivity contribution in [1.82, 2.24) is 0 Å². The second kappa shape index (κ2) is 7.70. The molecule has 3 aromatic rings. The molecule has 4 rings (SSSR count). The van der Waals surface area contributed by atoms with Crippen LogP contribution in [0.15, 0.2) is 68.4 Å². The fourth-order valence-corrected chi connectivity index (χ4v) is 4.59. The van der Waals surface area contributed by atoms with Gasteiger partial charge in [0.25, 0.3) is 5.91 Å². The maximum Gasteiger partial charge on any atom is 0.270 e. The van der Waals surface area contributed by atoms with E-state index < -0.39 is 0 Å². The van der Waals surface area contributed by atoms with E-state index in [1.54, 1.807) is 11.0 Å². The van der Waals surface area contributed by atoms with Gasteiger partial charge in [0.2, 0.25) is 0 Å². The lowest BCUT2D eigenvalue weighted by Crippen LogP contribution is -2.28. The highest BCUT2D eigenvalue weighted by Crippen LogP contribution is 2.38. The number of thiocarbonyl (C=S) groups is 1. The van der Waals surface area contributed by atoms with E-state index in [2.05, 4.69) is 22.0 Å². The first-order valence-electron chi connectivity index (χ1n) is 8.63. The first-order chi connectivity index (χ1) is 13.4. The molecule has 0 aliphatic carbocycles. The zero-order valence-electron chi connectivity index (χ0n) is 15.2. The molecule has 1 aliphatic heterocycles. The number of amides is 1. The van der Waals surface area contributed by atoms with Crippen LogP contribution in [-0.2, 0) is 4.79 Å². The van der Waals surface area contributed by atoms with Crippen molar-refractivity contribution in [2.24, 2.45) is 0 Å². The average molecular weight is 470 g/mol. The molecule has 1 aliphatic rings. The van der Waals surface area contributed by atoms with Crippen LogP contribution in [0.2, 0.25) is 0 Å². The number of carbonyl (C=O) groups is 1. The van der Waals surface area contributed by atoms with Gasteiger partial charge in [-0.15, -0.1) is 0 Å². The van der Waals surface area contributed by atoms with Crippen molar-refractivity contribution in [3.05, 3.63) is 80.9 Å². The number of furan rings is 1. The fourth-order valence-electron chi connectivity index (χ4n) is 3.06. The minimum Gasteiger partial charge on any atom is -0.457 e. The van der Waals surface area contributed by atoms with Gasteiger partial charge in [0, 0.05) is 16.1 Å². The van der Waals surface area contributed by atoms with Crippen molar-refractivity contribution < 1.29 is 9.21 Å². The van der Waals surface area contributed by atoms with Gasteiger partial charge >= 0.3 is 0 Å². The van der Waals surface area contributed by atoms with Crippen molar-refractivity contribution in [2.45, 2.75) is 13.8 Å². The Morgan fingerprint density at radius 2 is 1.82 bits per heavy atom. The molecule has 0 N–H and O–H groups in total. The van der Waals surface area contributed by atoms with E-state index in [0.29, 0.717) is 15.0 Å². The molecular formula is C22H16BrNO2S2. The molecule has 0 unspecified atom stereocenters. The molecule has 0 spiro atoms. The van der Waals surface area contributed by atoms with Gasteiger partial charge in [-0.1, -0.05) is 69.7 Å². The summed E-state index contributed by atoms with van der Waals surface area (Å²) in [6.07, 6.45) is 1.76. The normalized spacial score (nSPS) is 15.7. The molecule has 3 nitrogen and oxygen atoms in total. The lowest BCUT2D eigenvalue weighted by Gasteiger charge is -2.17. The first-order valence-corrected chi connectivity index (χ1v) is 10.6. The Hall–Kier alpha value is -2.15. The Morgan fingerprint density at radius 3 is 2.54 bits per heavy atom. The Labute approximate surface area is 181 Å². The molecule has 0 radical (unpaired) electrons. The molecule has 28 heavy (non-hydrogen) atoms. The van der Waals surface area contributed by atoms with Crippen LogP contribution < -0.4 is 4.90 Å². The summed E-state index contributed by atoms with van der Waals surface area (Å²) in [6, 6.07) is 17.6. The Bertz CT molecular complexity index is 1120. The molecule has 1 amide bonds. The van der Waals surface area contributed by atoms with Crippen molar-refractivity contribution in [1.29, 1.82) is 0 Å². The highest BCUT2D eigenvalue weighted by molar-refractivity contribution is 9.10. The van der Waals surface area contributed by atoms with E-state index in [9.17, 15) is 4.79 Å². The summed E-state index contributed by atoms with van der Waals surface area (Å²) >= 11 is 10.2. The number of aryl methyl sites for hydroxylation is 2. The molecule has 2 aromatic carbocycles. The maximum atomic E-state index is 13.0. The summed E-state index contributed by atoms with van der Waals surface area (Å²) < 4.78 is 7.46. The molecule has 2 heterocycles. The van der Waals surface area contributed by atoms with Gasteiger partial charge in [-0.3, -0.25) is 9.69 Å². The highest BCUT2D eigenvalue weighted by Gasteiger charge is 2.34. The zero-order chi connectivity index (χ0) is 19.8. The van der Waals surface area contributed by atoms with Gasteiger partial charge in [0.05, 0.1) is 10.6 Å². The third-order valence-corrected chi connectivity index (χ3v) is 6.25. The Morgan fingerprint density at radius 1 is 1.07 bits per heavy atom. The number of benzene rings is 2. The summed E-state index contributed by atoms with van der Waals surface area (Å²) in [5.41, 5.74) is 3.98. The Kier molecular flexibility index (Phi) is 5.27. The van der Waals surface area contributed by atoms with Crippen molar-refractivity contribution in [2.75, 3.05) is 4.90 Å². The average Bonchev–Trinajstić information content (AvgIpc) is 3.22. The zero-order valence-corrected chi connectivity index (χ0v) is 18.5. The van der Waals surface area contributed by atoms with Crippen LogP contribution in [-0.4, -0.2) is 10.2 Å². The minimum absolute atomic E-state index is 0.122. The van der Waals surface area contributed by atoms with Crippen LogP contribution >= 0.6 is 39.9 Å². The largest absolute Gasteiger partial charge is 0.457 e. The van der Waals surface area contributed by atoms with E-state index in [-0.39, 0.29) is 5.91 Å². The molecule has 1 fully saturated rings. The van der Waals surface area contributed by atoms with Gasteiger partial charge in [0.15, 0.2) is 4.32 Å². The summed E-state index contributed by atoms with van der Waals surface area (Å²) in [5.74, 6) is 1.26. The van der Waals surface area contributed by atoms with Crippen LogP contribution in [0.3, 0.4) is 0 Å². The predicted octanol–water partition coefficient (Wildman–Crippen LogP) is 6.73. The second-order valence-corrected chi connectivity index (χ2v) is 9.11. The number of hydrogen-bond donors (Lipinski definition) is 0. The third-order valence-electron chi connectivity index (χ3n) is 4.42. The van der Waals surface area contributed by atoms with Crippen molar-refractivity contribution in [3.63, 3.8) is 0 Å². The van der Waals surface area contributed by atoms with Gasteiger partial charge in [-0.2, -0.15) is 0 Å². The standard InChI is InChI=1S/C22H16BrNO2S2/c1-13-3-9-18(14(2)11-13)24-21(25)20(28-22(24)27)12-17-8-10-19(26-17)15-4-6-16(23)7-5-15/h3-12H,1-2H3/b20-12+. The summed E-state index contributed by atoms with van der Waals surface area (Å²) in [5, 5.41) is 0. The van der Waals surface area contributed by atoms with Crippen molar-refractivity contribution in [3.8, 4) is 11.3 Å². The lowest BCUT2D eigenvalue weighted by molar-refractivity contribution is -0.113. The van der Waals surface area contributed by atoms with Crippen LogP contribution in [0.5, 0.6) is 0 Å². The smallest absolute Gasteiger partial charge is 0.270 e. The van der Waals surface area contributed by atoms with Crippen molar-refractivity contribution >= 4 is 61.9 Å². The van der Waals surface area contributed by atoms with E-state index in [0.717, 1.165) is 32.6 Å². The number of halogens is 1. The van der Waals surface area contributed by atoms with Crippen LogP contribution in [0.4, 0.5) is 5.69 Å². The lowest BCUT2D eigenvalue weighted by atomic mass is 10.1. The SMILES string of the molecule is Cc1ccc(N2C(=O)/C(=C\c3ccc(-c4ccc(Br)cc4)o3)SC2=S)c(C)c1. The molecule has 1 saturated heterocycles. The fraction of sp³-hybridized carbons (Fsp3) is 0.0909. The number of nitrogens with zero attached hydrogens (tertiary/aromatic N) is 1. The number of anilines is 1. The Balaban J connectivity index is 1.62. The van der Waals surface area contributed by atoms with E-state index in [1.165, 1.54) is 11.8 Å². The monoisotopic (exact) mass is 469 g/mol. The topological polar surface area (TPSA) is 33.5 Å². The molecule has 0 atom stereocenters. The molecule has 0 saturated carbocycles. The molecule has 140 valence electrons. The quantitative estimate of drug-likeness (QED) is 0.314. The van der Waals surface area contributed by atoms with E-state index in [4.69, 9.17) is 16.6 Å². The van der Waals surface area contributed by atoms with E-state index >= 15 is 0 Å². The maximum absolute atomic E-state index is 13.0. The van der Waals surface area contributed by atoms with Crippen LogP contribution in [0, 0.1) is 13.8 Å². The number of thioether (sulfide) groups is 1. The second-order valence-electron chi connectivity index (χ2n) is 6.52. The molecule has 0 bridgehead atoms. The highest BCUT2D eigenvalue weighted by atomic mass is 79.9. The molecular weight excluding hydrogens is 454 g/mol. The molecule has 6 heteroatoms. The van der Waals surface area contributed by atoms with Gasteiger partial charge < -0.3 is 4.42 Å². The number of hydrogen-bond acceptors (Lipinski definition) is 4. The van der Waals surface area contributed by atoms with Crippen LogP contribution in [0.25, 0.3) is 17.4 Å². The minimum atomic E-state index is -0.122. The summed E-state index contributed by atoms with van der Waals surface area (Å²) in [7, 11) is 0. The van der Waals surface area contributed by atoms with Crippen LogP contribution in [0.1, 0.15) is 16.9 Å². The number of carbonyl (C=O) groups excluding carboxylic acids is 1. The summed E-state index contributed by atoms with van der Waals surface area (Å²) in [6.45, 7) is 4.02. The number of rotatable bonds is 3. The van der Waals surface area contributed by atoms with E-state index in [1.807, 2.05) is 62.4 Å². The first kappa shape index (κ1) is 19.2. The predicted molar refractivity (Wildman–Crippen MR) is 123 cm³/mol. The van der Waals surface area contributed by atoms with Gasteiger partial charge in [0.1, 0.15) is 11.5 Å².